The number of carbonyl (C=O) groups excluding carboxylic acids is 1. The van der Waals surface area contributed by atoms with Gasteiger partial charge in [-0.2, -0.15) is 0 Å². The summed E-state index contributed by atoms with van der Waals surface area (Å²) in [6.45, 7) is 8.06. The highest BCUT2D eigenvalue weighted by Crippen LogP contribution is 2.31. The van der Waals surface area contributed by atoms with Crippen LogP contribution in [0.3, 0.4) is 0 Å². The topological polar surface area (TPSA) is 35.5 Å². The molecule has 0 radical (unpaired) electrons. The molecule has 1 unspecified atom stereocenters. The van der Waals surface area contributed by atoms with Gasteiger partial charge < -0.3 is 9.47 Å². The molecule has 0 saturated heterocycles. The Balaban J connectivity index is 1.50. The van der Waals surface area contributed by atoms with E-state index in [0.29, 0.717) is 18.1 Å². The van der Waals surface area contributed by atoms with Crippen molar-refractivity contribution in [2.75, 3.05) is 13.2 Å². The summed E-state index contributed by atoms with van der Waals surface area (Å²) in [5.74, 6) is 2.25. The van der Waals surface area contributed by atoms with Crippen LogP contribution in [0.2, 0.25) is 0 Å². The molecule has 0 spiro atoms. The number of unbranched alkanes of at least 4 members (excludes halogenated alkanes) is 7. The fourth-order valence-electron chi connectivity index (χ4n) is 4.19. The molecule has 0 amide bonds. The van der Waals surface area contributed by atoms with Gasteiger partial charge in [0.2, 0.25) is 5.12 Å². The van der Waals surface area contributed by atoms with Crippen molar-refractivity contribution in [1.82, 2.24) is 0 Å². The maximum atomic E-state index is 13.2. The van der Waals surface area contributed by atoms with Crippen LogP contribution in [0.4, 0.5) is 0 Å². The second kappa shape index (κ2) is 17.0. The molecule has 0 bridgehead atoms. The van der Waals surface area contributed by atoms with Crippen molar-refractivity contribution in [2.45, 2.75) is 83.5 Å². The monoisotopic (exact) mass is 532 g/mol. The fraction of sp³-hybridized carbons (Fsp3) is 0.441. The molecule has 4 heteroatoms. The highest BCUT2D eigenvalue weighted by atomic mass is 32.2. The number of hydrogen-bond donors (Lipinski definition) is 0. The van der Waals surface area contributed by atoms with E-state index in [4.69, 9.17) is 9.47 Å². The van der Waals surface area contributed by atoms with Crippen molar-refractivity contribution in [3.63, 3.8) is 0 Å². The molecular weight excluding hydrogens is 488 g/mol. The highest BCUT2D eigenvalue weighted by molar-refractivity contribution is 8.14. The van der Waals surface area contributed by atoms with E-state index >= 15 is 0 Å². The summed E-state index contributed by atoms with van der Waals surface area (Å²) in [5, 5.41) is 0.0314. The summed E-state index contributed by atoms with van der Waals surface area (Å²) in [5.41, 5.74) is 2.66. The van der Waals surface area contributed by atoms with E-state index in [1.54, 1.807) is 0 Å². The van der Waals surface area contributed by atoms with Gasteiger partial charge in [-0.25, -0.2) is 0 Å². The zero-order valence-corrected chi connectivity index (χ0v) is 24.2. The maximum absolute atomic E-state index is 13.2. The lowest BCUT2D eigenvalue weighted by Gasteiger charge is -2.12. The number of carbonyl (C=O) groups is 1. The minimum atomic E-state index is 0.0314. The van der Waals surface area contributed by atoms with Gasteiger partial charge in [0.05, 0.1) is 13.2 Å². The smallest absolute Gasteiger partial charge is 0.224 e. The van der Waals surface area contributed by atoms with Crippen LogP contribution in [0.5, 0.6) is 11.5 Å². The van der Waals surface area contributed by atoms with E-state index in [0.717, 1.165) is 47.0 Å². The molecule has 0 aliphatic carbocycles. The number of rotatable bonds is 17. The third kappa shape index (κ3) is 10.2. The number of thioether (sulfide) groups is 1. The molecule has 3 aromatic carbocycles. The van der Waals surface area contributed by atoms with Crippen LogP contribution in [0.25, 0.3) is 11.1 Å². The van der Waals surface area contributed by atoms with Gasteiger partial charge in [0.1, 0.15) is 11.5 Å². The van der Waals surface area contributed by atoms with Gasteiger partial charge in [0, 0.05) is 10.5 Å². The quantitative estimate of drug-likeness (QED) is 0.128. The molecule has 0 aromatic heterocycles. The van der Waals surface area contributed by atoms with Crippen LogP contribution >= 0.6 is 11.8 Å². The number of benzene rings is 3. The second-order valence-electron chi connectivity index (χ2n) is 10.1. The molecule has 0 N–H and O–H groups in total. The Kier molecular flexibility index (Phi) is 13.3. The first-order chi connectivity index (χ1) is 18.6. The lowest BCUT2D eigenvalue weighted by molar-refractivity contribution is 0.108. The largest absolute Gasteiger partial charge is 0.494 e. The zero-order chi connectivity index (χ0) is 27.0. The third-order valence-electron chi connectivity index (χ3n) is 6.84. The van der Waals surface area contributed by atoms with Crippen LogP contribution < -0.4 is 9.47 Å². The minimum Gasteiger partial charge on any atom is -0.494 e. The summed E-state index contributed by atoms with van der Waals surface area (Å²) in [4.78, 5) is 14.1. The molecule has 3 aromatic rings. The molecule has 0 fully saturated rings. The molecule has 3 nitrogen and oxygen atoms in total. The van der Waals surface area contributed by atoms with Gasteiger partial charge in [0.25, 0.3) is 0 Å². The lowest BCUT2D eigenvalue weighted by atomic mass is 10.0. The average Bonchev–Trinajstić information content (AvgIpc) is 2.96. The van der Waals surface area contributed by atoms with E-state index < -0.39 is 0 Å². The van der Waals surface area contributed by atoms with Gasteiger partial charge in [-0.05, 0) is 77.7 Å². The van der Waals surface area contributed by atoms with Gasteiger partial charge >= 0.3 is 0 Å². The summed E-state index contributed by atoms with van der Waals surface area (Å²) >= 11 is 1.25. The van der Waals surface area contributed by atoms with Crippen molar-refractivity contribution < 1.29 is 14.3 Å². The normalized spacial score (nSPS) is 11.8. The van der Waals surface area contributed by atoms with Gasteiger partial charge in [-0.1, -0.05) is 102 Å². The predicted octanol–water partition coefficient (Wildman–Crippen LogP) is 10.2. The molecule has 0 aliphatic heterocycles. The van der Waals surface area contributed by atoms with Crippen molar-refractivity contribution in [2.24, 2.45) is 5.92 Å². The Morgan fingerprint density at radius 2 is 1.34 bits per heavy atom. The average molecular weight is 533 g/mol. The van der Waals surface area contributed by atoms with Crippen molar-refractivity contribution >= 4 is 16.9 Å². The number of hydrogen-bond acceptors (Lipinski definition) is 4. The highest BCUT2D eigenvalue weighted by Gasteiger charge is 2.14. The van der Waals surface area contributed by atoms with E-state index in [-0.39, 0.29) is 5.12 Å². The Morgan fingerprint density at radius 1 is 0.737 bits per heavy atom. The standard InChI is InChI=1S/C34H44O3S/c1-4-6-7-8-9-10-11-14-25-36-29-19-17-28(18-20-29)32-15-12-13-16-33(32)34(35)38-31-23-21-30(22-24-31)37-26-27(3)5-2/h12-13,15-24,27H,4-11,14,25-26H2,1-3H3. The van der Waals surface area contributed by atoms with Crippen LogP contribution in [0.1, 0.15) is 88.9 Å². The Bertz CT molecular complexity index is 1080. The first-order valence-corrected chi connectivity index (χ1v) is 15.2. The molecule has 0 saturated carbocycles. The van der Waals surface area contributed by atoms with Gasteiger partial charge in [-0.3, -0.25) is 4.79 Å². The first-order valence-electron chi connectivity index (χ1n) is 14.4. The summed E-state index contributed by atoms with van der Waals surface area (Å²) < 4.78 is 11.8. The minimum absolute atomic E-state index is 0.0314. The molecule has 204 valence electrons. The number of ether oxygens (including phenoxy) is 2. The van der Waals surface area contributed by atoms with Crippen LogP contribution in [0.15, 0.2) is 77.7 Å². The van der Waals surface area contributed by atoms with Gasteiger partial charge in [-0.15, -0.1) is 0 Å². The molecule has 38 heavy (non-hydrogen) atoms. The van der Waals surface area contributed by atoms with Crippen LogP contribution in [-0.4, -0.2) is 18.3 Å². The van der Waals surface area contributed by atoms with E-state index in [2.05, 4.69) is 20.8 Å². The first kappa shape index (κ1) is 29.8. The van der Waals surface area contributed by atoms with Crippen LogP contribution in [0, 0.1) is 5.92 Å². The predicted molar refractivity (Wildman–Crippen MR) is 162 cm³/mol. The van der Waals surface area contributed by atoms with Crippen molar-refractivity contribution in [3.05, 3.63) is 78.4 Å². The maximum Gasteiger partial charge on any atom is 0.224 e. The van der Waals surface area contributed by atoms with Crippen molar-refractivity contribution in [3.8, 4) is 22.6 Å². The Labute approximate surface area is 234 Å². The summed E-state index contributed by atoms with van der Waals surface area (Å²) in [7, 11) is 0. The third-order valence-corrected chi connectivity index (χ3v) is 7.76. The summed E-state index contributed by atoms with van der Waals surface area (Å²) in [6.07, 6.45) is 11.4. The summed E-state index contributed by atoms with van der Waals surface area (Å²) in [6, 6.07) is 23.7. The Hall–Kier alpha value is -2.72. The molecule has 0 aliphatic rings. The SMILES string of the molecule is CCCCCCCCCCOc1ccc(-c2ccccc2C(=O)Sc2ccc(OCC(C)CC)cc2)cc1. The van der Waals surface area contributed by atoms with E-state index in [1.165, 1.54) is 56.7 Å². The Morgan fingerprint density at radius 3 is 2.03 bits per heavy atom. The van der Waals surface area contributed by atoms with Crippen molar-refractivity contribution in [1.29, 1.82) is 0 Å². The van der Waals surface area contributed by atoms with Gasteiger partial charge in [0.15, 0.2) is 0 Å². The van der Waals surface area contributed by atoms with Crippen LogP contribution in [-0.2, 0) is 0 Å². The molecule has 1 atom stereocenters. The molecular formula is C34H44O3S. The zero-order valence-electron chi connectivity index (χ0n) is 23.4. The molecule has 0 heterocycles. The van der Waals surface area contributed by atoms with E-state index in [1.807, 2.05) is 72.8 Å². The van der Waals surface area contributed by atoms with E-state index in [9.17, 15) is 4.79 Å². The lowest BCUT2D eigenvalue weighted by Crippen LogP contribution is -2.07. The molecule has 3 rings (SSSR count). The fourth-order valence-corrected chi connectivity index (χ4v) is 4.97. The second-order valence-corrected chi connectivity index (χ2v) is 11.1.